The van der Waals surface area contributed by atoms with Crippen LogP contribution in [-0.4, -0.2) is 28.9 Å². The van der Waals surface area contributed by atoms with Crippen LogP contribution in [0.2, 0.25) is 0 Å². The van der Waals surface area contributed by atoms with Crippen molar-refractivity contribution in [2.75, 3.05) is 6.61 Å². The molecule has 1 amide bonds. The number of alkyl carbamates (subject to hydrolysis) is 1. The second kappa shape index (κ2) is 5.74. The van der Waals surface area contributed by atoms with Crippen LogP contribution in [0.4, 0.5) is 4.79 Å². The van der Waals surface area contributed by atoms with E-state index in [1.165, 1.54) is 0 Å². The molecule has 4 fully saturated rings. The van der Waals surface area contributed by atoms with Crippen molar-refractivity contribution in [3.8, 4) is 0 Å². The van der Waals surface area contributed by atoms with Crippen molar-refractivity contribution in [1.82, 2.24) is 5.32 Å². The molecule has 4 bridgehead atoms. The molecule has 7 nitrogen and oxygen atoms in total. The van der Waals surface area contributed by atoms with Gasteiger partial charge in [-0.15, -0.1) is 10.1 Å². The number of nitrogens with zero attached hydrogens (tertiary/aromatic N) is 1. The number of ether oxygens (including phenoxy) is 1. The quantitative estimate of drug-likeness (QED) is 0.598. The molecule has 4 aliphatic rings. The molecule has 0 aromatic rings. The minimum atomic E-state index is -0.689. The van der Waals surface area contributed by atoms with Gasteiger partial charge in [-0.05, 0) is 76.0 Å². The summed E-state index contributed by atoms with van der Waals surface area (Å²) in [5.41, 5.74) is -0.926. The lowest BCUT2D eigenvalue weighted by molar-refractivity contribution is -0.761. The molecule has 7 heteroatoms. The number of hydrogen-bond acceptors (Lipinski definition) is 5. The van der Waals surface area contributed by atoms with Gasteiger partial charge in [0.15, 0.2) is 0 Å². The van der Waals surface area contributed by atoms with Crippen LogP contribution in [0, 0.1) is 26.9 Å². The van der Waals surface area contributed by atoms with E-state index in [9.17, 15) is 14.9 Å². The van der Waals surface area contributed by atoms with Crippen LogP contribution in [0.25, 0.3) is 0 Å². The summed E-state index contributed by atoms with van der Waals surface area (Å²) in [6.07, 6.45) is 6.33. The van der Waals surface area contributed by atoms with Crippen molar-refractivity contribution in [3.63, 3.8) is 0 Å². The first-order valence-corrected chi connectivity index (χ1v) is 9.27. The highest BCUT2D eigenvalue weighted by atomic mass is 16.9. The van der Waals surface area contributed by atoms with Gasteiger partial charge in [0, 0.05) is 5.54 Å². The molecule has 0 heterocycles. The highest BCUT2D eigenvalue weighted by Crippen LogP contribution is 2.67. The first-order chi connectivity index (χ1) is 11.5. The van der Waals surface area contributed by atoms with Crippen LogP contribution in [0.15, 0.2) is 0 Å². The fourth-order valence-electron chi connectivity index (χ4n) is 6.25. The van der Waals surface area contributed by atoms with Gasteiger partial charge in [-0.3, -0.25) is 0 Å². The Kier molecular flexibility index (Phi) is 4.20. The smallest absolute Gasteiger partial charge is 0.408 e. The molecule has 0 spiro atoms. The summed E-state index contributed by atoms with van der Waals surface area (Å²) >= 11 is 0. The topological polar surface area (TPSA) is 90.7 Å². The first kappa shape index (κ1) is 18.3. The molecule has 1 N–H and O–H groups in total. The minimum Gasteiger partial charge on any atom is -0.444 e. The molecule has 142 valence electrons. The number of hydrogen-bond donors (Lipinski definition) is 1. The van der Waals surface area contributed by atoms with E-state index in [2.05, 4.69) is 12.2 Å². The van der Waals surface area contributed by atoms with E-state index in [1.54, 1.807) is 0 Å². The number of nitrogens with one attached hydrogen (secondary N) is 1. The van der Waals surface area contributed by atoms with Gasteiger partial charge in [-0.1, -0.05) is 13.3 Å². The van der Waals surface area contributed by atoms with E-state index in [0.717, 1.165) is 44.9 Å². The van der Waals surface area contributed by atoms with Crippen LogP contribution in [0.5, 0.6) is 0 Å². The van der Waals surface area contributed by atoms with Gasteiger partial charge < -0.3 is 14.9 Å². The monoisotopic (exact) mass is 354 g/mol. The highest BCUT2D eigenvalue weighted by molar-refractivity contribution is 5.69. The van der Waals surface area contributed by atoms with Gasteiger partial charge in [0.25, 0.3) is 5.09 Å². The zero-order chi connectivity index (χ0) is 18.5. The van der Waals surface area contributed by atoms with Crippen LogP contribution in [-0.2, 0) is 9.57 Å². The number of carbonyl (C=O) groups excluding carboxylic acids is 1. The lowest BCUT2D eigenvalue weighted by Gasteiger charge is -2.66. The number of amides is 1. The molecule has 4 saturated carbocycles. The van der Waals surface area contributed by atoms with Crippen molar-refractivity contribution in [2.24, 2.45) is 16.7 Å². The third-order valence-corrected chi connectivity index (χ3v) is 6.29. The van der Waals surface area contributed by atoms with Crippen LogP contribution < -0.4 is 5.32 Å². The molecule has 25 heavy (non-hydrogen) atoms. The maximum absolute atomic E-state index is 12.4. The molecule has 0 saturated heterocycles. The van der Waals surface area contributed by atoms with E-state index in [0.29, 0.717) is 5.92 Å². The van der Waals surface area contributed by atoms with E-state index < -0.39 is 10.7 Å². The van der Waals surface area contributed by atoms with Gasteiger partial charge in [-0.25, -0.2) is 4.79 Å². The second-order valence-corrected chi connectivity index (χ2v) is 9.77. The summed E-state index contributed by atoms with van der Waals surface area (Å²) in [6.45, 7) is 7.89. The highest BCUT2D eigenvalue weighted by Gasteiger charge is 2.63. The summed E-state index contributed by atoms with van der Waals surface area (Å²) in [7, 11) is 0. The largest absolute Gasteiger partial charge is 0.444 e. The summed E-state index contributed by atoms with van der Waals surface area (Å²) in [4.78, 5) is 28.0. The van der Waals surface area contributed by atoms with Crippen LogP contribution in [0.1, 0.15) is 72.6 Å². The molecular weight excluding hydrogens is 324 g/mol. The SMILES string of the molecule is CCC12CC3CC(CO[N+](=O)[O-])(C1)CC(NC(=O)OC(C)(C)C)(C3)C2. The Morgan fingerprint density at radius 1 is 1.20 bits per heavy atom. The standard InChI is InChI=1S/C18H30N2O5/c1-5-16-6-13-7-17(9-16,12-24-20(22)23)11-18(8-13,10-16)19-14(21)25-15(2,3)4/h13H,5-12H2,1-4H3,(H,19,21). The Morgan fingerprint density at radius 2 is 1.84 bits per heavy atom. The molecule has 4 aliphatic carbocycles. The minimum absolute atomic E-state index is 0.135. The van der Waals surface area contributed by atoms with Gasteiger partial charge in [0.2, 0.25) is 0 Å². The molecule has 4 atom stereocenters. The lowest BCUT2D eigenvalue weighted by Crippen LogP contribution is -2.67. The third-order valence-electron chi connectivity index (χ3n) is 6.29. The average molecular weight is 354 g/mol. The number of rotatable bonds is 5. The molecule has 4 rings (SSSR count). The fraction of sp³-hybridized carbons (Fsp3) is 0.944. The van der Waals surface area contributed by atoms with E-state index in [4.69, 9.17) is 9.57 Å². The van der Waals surface area contributed by atoms with Crippen molar-refractivity contribution in [3.05, 3.63) is 10.1 Å². The van der Waals surface area contributed by atoms with E-state index in [1.807, 2.05) is 20.8 Å². The van der Waals surface area contributed by atoms with Gasteiger partial charge >= 0.3 is 6.09 Å². The fourth-order valence-corrected chi connectivity index (χ4v) is 6.25. The van der Waals surface area contributed by atoms with E-state index in [-0.39, 0.29) is 29.1 Å². The van der Waals surface area contributed by atoms with Crippen molar-refractivity contribution < 1.29 is 19.5 Å². The predicted octanol–water partition coefficient (Wildman–Crippen LogP) is 3.84. The number of carbonyl (C=O) groups is 1. The Hall–Kier alpha value is -1.53. The summed E-state index contributed by atoms with van der Waals surface area (Å²) in [5, 5.41) is 13.2. The Morgan fingerprint density at radius 3 is 2.44 bits per heavy atom. The predicted molar refractivity (Wildman–Crippen MR) is 91.4 cm³/mol. The molecular formula is C18H30N2O5. The Balaban J connectivity index is 1.82. The van der Waals surface area contributed by atoms with Crippen molar-refractivity contribution in [2.45, 2.75) is 83.8 Å². The zero-order valence-corrected chi connectivity index (χ0v) is 15.7. The summed E-state index contributed by atoms with van der Waals surface area (Å²) < 4.78 is 5.48. The Labute approximate surface area is 148 Å². The normalized spacial score (nSPS) is 39.1. The summed E-state index contributed by atoms with van der Waals surface area (Å²) in [6, 6.07) is 0. The Bertz CT molecular complexity index is 574. The molecule has 0 aromatic carbocycles. The second-order valence-electron chi connectivity index (χ2n) is 9.77. The zero-order valence-electron chi connectivity index (χ0n) is 15.7. The van der Waals surface area contributed by atoms with Crippen LogP contribution in [0.3, 0.4) is 0 Å². The molecule has 4 unspecified atom stereocenters. The molecule has 0 aliphatic heterocycles. The lowest BCUT2D eigenvalue weighted by atomic mass is 9.41. The summed E-state index contributed by atoms with van der Waals surface area (Å²) in [5.74, 6) is 0.487. The van der Waals surface area contributed by atoms with Gasteiger partial charge in [0.05, 0.1) is 0 Å². The van der Waals surface area contributed by atoms with Crippen LogP contribution >= 0.6 is 0 Å². The van der Waals surface area contributed by atoms with Gasteiger partial charge in [-0.2, -0.15) is 0 Å². The first-order valence-electron chi connectivity index (χ1n) is 9.27. The van der Waals surface area contributed by atoms with E-state index >= 15 is 0 Å². The third kappa shape index (κ3) is 3.70. The maximum Gasteiger partial charge on any atom is 0.408 e. The average Bonchev–Trinajstić information content (AvgIpc) is 2.41. The maximum atomic E-state index is 12.4. The molecule has 0 radical (unpaired) electrons. The van der Waals surface area contributed by atoms with Crippen molar-refractivity contribution >= 4 is 6.09 Å². The van der Waals surface area contributed by atoms with Gasteiger partial charge in [0.1, 0.15) is 12.2 Å². The molecule has 0 aromatic heterocycles. The van der Waals surface area contributed by atoms with Crippen molar-refractivity contribution in [1.29, 1.82) is 0 Å².